The number of carbonyl (C=O) groups is 2. The van der Waals surface area contributed by atoms with Crippen LogP contribution in [0.4, 0.5) is 5.69 Å². The first-order valence-corrected chi connectivity index (χ1v) is 13.3. The second-order valence-corrected chi connectivity index (χ2v) is 11.1. The van der Waals surface area contributed by atoms with Gasteiger partial charge in [0.15, 0.2) is 0 Å². The largest absolute Gasteiger partial charge is 0.457 e. The lowest BCUT2D eigenvalue weighted by atomic mass is 9.96. The molecule has 7 heteroatoms. The maximum Gasteiger partial charge on any atom is 0.255 e. The molecule has 1 heterocycles. The third kappa shape index (κ3) is 4.85. The number of aromatic nitrogens is 1. The summed E-state index contributed by atoms with van der Waals surface area (Å²) in [6.07, 6.45) is 4.09. The van der Waals surface area contributed by atoms with Gasteiger partial charge in [-0.1, -0.05) is 18.2 Å². The van der Waals surface area contributed by atoms with E-state index in [2.05, 4.69) is 16.4 Å². The number of thiazole rings is 1. The van der Waals surface area contributed by atoms with E-state index in [1.165, 1.54) is 11.3 Å². The van der Waals surface area contributed by atoms with Crippen molar-refractivity contribution < 1.29 is 14.3 Å². The van der Waals surface area contributed by atoms with Crippen LogP contribution in [-0.2, 0) is 16.6 Å². The smallest absolute Gasteiger partial charge is 0.255 e. The molecular formula is C30H25N3O3S. The fourth-order valence-electron chi connectivity index (χ4n) is 4.46. The van der Waals surface area contributed by atoms with Gasteiger partial charge in [-0.3, -0.25) is 9.59 Å². The number of nitrogens with zero attached hydrogens (tertiary/aromatic N) is 2. The molecule has 0 spiro atoms. The molecule has 0 aliphatic heterocycles. The number of hydrogen-bond acceptors (Lipinski definition) is 6. The van der Waals surface area contributed by atoms with Crippen LogP contribution in [0.1, 0.15) is 52.2 Å². The van der Waals surface area contributed by atoms with E-state index in [-0.39, 0.29) is 17.6 Å². The Morgan fingerprint density at radius 1 is 1.14 bits per heavy atom. The van der Waals surface area contributed by atoms with Gasteiger partial charge in [-0.15, -0.1) is 11.3 Å². The first-order chi connectivity index (χ1) is 17.9. The number of ketones is 1. The lowest BCUT2D eigenvalue weighted by molar-refractivity contribution is -0.119. The summed E-state index contributed by atoms with van der Waals surface area (Å²) in [5.41, 5.74) is 3.40. The van der Waals surface area contributed by atoms with Crippen molar-refractivity contribution in [3.8, 4) is 17.6 Å². The van der Waals surface area contributed by atoms with Gasteiger partial charge in [-0.25, -0.2) is 4.98 Å². The number of carbonyl (C=O) groups excluding carboxylic acids is 2. The highest BCUT2D eigenvalue weighted by atomic mass is 32.1. The summed E-state index contributed by atoms with van der Waals surface area (Å²) in [6.45, 7) is 1.95. The van der Waals surface area contributed by atoms with Crippen LogP contribution in [0, 0.1) is 24.2 Å². The number of hydrogen-bond donors (Lipinski definition) is 1. The maximum absolute atomic E-state index is 13.0. The van der Waals surface area contributed by atoms with Crippen LogP contribution in [0.3, 0.4) is 0 Å². The van der Waals surface area contributed by atoms with Gasteiger partial charge in [0.05, 0.1) is 28.1 Å². The van der Waals surface area contributed by atoms with Crippen molar-refractivity contribution in [2.45, 2.75) is 44.4 Å². The first kappa shape index (κ1) is 23.4. The quantitative estimate of drug-likeness (QED) is 0.286. The molecule has 1 N–H and O–H groups in total. The van der Waals surface area contributed by atoms with E-state index >= 15 is 0 Å². The van der Waals surface area contributed by atoms with Gasteiger partial charge in [0.2, 0.25) is 0 Å². The number of aryl methyl sites for hydroxylation is 1. The van der Waals surface area contributed by atoms with E-state index < -0.39 is 5.41 Å². The van der Waals surface area contributed by atoms with Crippen molar-refractivity contribution in [3.05, 3.63) is 82.4 Å². The van der Waals surface area contributed by atoms with Crippen molar-refractivity contribution in [1.29, 1.82) is 5.26 Å². The molecule has 2 saturated carbocycles. The second kappa shape index (κ2) is 9.13. The van der Waals surface area contributed by atoms with Gasteiger partial charge >= 0.3 is 0 Å². The summed E-state index contributed by atoms with van der Waals surface area (Å²) < 4.78 is 7.17. The van der Waals surface area contributed by atoms with E-state index in [0.29, 0.717) is 29.2 Å². The number of nitriles is 1. The van der Waals surface area contributed by atoms with Crippen LogP contribution >= 0.6 is 11.3 Å². The molecule has 1 amide bonds. The number of nitrogens with one attached hydrogen (secondary N) is 1. The van der Waals surface area contributed by atoms with Crippen molar-refractivity contribution >= 4 is 38.9 Å². The molecule has 37 heavy (non-hydrogen) atoms. The number of amides is 1. The molecule has 0 unspecified atom stereocenters. The lowest BCUT2D eigenvalue weighted by Crippen LogP contribution is -2.13. The Morgan fingerprint density at radius 2 is 1.97 bits per heavy atom. The minimum absolute atomic E-state index is 0.232. The van der Waals surface area contributed by atoms with Gasteiger partial charge in [-0.05, 0) is 74.1 Å². The Balaban J connectivity index is 1.18. The molecule has 1 aromatic heterocycles. The number of rotatable bonds is 8. The molecule has 2 aliphatic carbocycles. The summed E-state index contributed by atoms with van der Waals surface area (Å²) in [6, 6.07) is 21.0. The Kier molecular flexibility index (Phi) is 5.77. The molecule has 4 aromatic rings. The molecule has 0 radical (unpaired) electrons. The van der Waals surface area contributed by atoms with Crippen LogP contribution in [-0.4, -0.2) is 16.7 Å². The SMILES string of the molecule is Cc1ccc(NC(=O)c2cccc(C3(C#N)CC3)c2)cc1Oc1ccc2nc(CC(=O)C3CC3)sc2c1. The highest BCUT2D eigenvalue weighted by Gasteiger charge is 2.45. The summed E-state index contributed by atoms with van der Waals surface area (Å²) in [4.78, 5) is 29.7. The number of ether oxygens (including phenoxy) is 1. The normalized spacial score (nSPS) is 15.7. The molecule has 0 saturated heterocycles. The number of benzene rings is 3. The number of anilines is 1. The predicted molar refractivity (Wildman–Crippen MR) is 143 cm³/mol. The third-order valence-electron chi connectivity index (χ3n) is 7.08. The van der Waals surface area contributed by atoms with Crippen molar-refractivity contribution in [3.63, 3.8) is 0 Å². The minimum atomic E-state index is -0.437. The second-order valence-electron chi connectivity index (χ2n) is 9.97. The van der Waals surface area contributed by atoms with Gasteiger partial charge < -0.3 is 10.1 Å². The Hall–Kier alpha value is -4.02. The van der Waals surface area contributed by atoms with Crippen LogP contribution in [0.5, 0.6) is 11.5 Å². The highest BCUT2D eigenvalue weighted by molar-refractivity contribution is 7.18. The average Bonchev–Trinajstić information content (AvgIpc) is 3.83. The number of Topliss-reactive ketones (excluding diaryl/α,β-unsaturated/α-hetero) is 1. The van der Waals surface area contributed by atoms with Crippen molar-refractivity contribution in [2.75, 3.05) is 5.32 Å². The van der Waals surface area contributed by atoms with Crippen LogP contribution < -0.4 is 10.1 Å². The zero-order valence-corrected chi connectivity index (χ0v) is 21.2. The summed E-state index contributed by atoms with van der Waals surface area (Å²) in [5.74, 6) is 1.60. The topological polar surface area (TPSA) is 92.1 Å². The zero-order chi connectivity index (χ0) is 25.6. The molecule has 6 nitrogen and oxygen atoms in total. The lowest BCUT2D eigenvalue weighted by Gasteiger charge is -2.13. The molecule has 6 rings (SSSR count). The average molecular weight is 508 g/mol. The summed E-state index contributed by atoms with van der Waals surface area (Å²) in [7, 11) is 0. The Bertz CT molecular complexity index is 1590. The number of fused-ring (bicyclic) bond motifs is 1. The Labute approximate surface area is 218 Å². The predicted octanol–water partition coefficient (Wildman–Crippen LogP) is 6.73. The van der Waals surface area contributed by atoms with E-state index in [9.17, 15) is 14.9 Å². The monoisotopic (exact) mass is 507 g/mol. The van der Waals surface area contributed by atoms with E-state index in [1.54, 1.807) is 6.07 Å². The summed E-state index contributed by atoms with van der Waals surface area (Å²) >= 11 is 1.53. The standard InChI is InChI=1S/C30H25N3O3S/c1-18-5-8-22(32-29(35)20-3-2-4-21(13-20)30(17-31)11-12-30)14-26(18)36-23-9-10-24-27(15-23)37-28(33-24)16-25(34)19-6-7-19/h2-5,8-10,13-15,19H,6-7,11-12,16H2,1H3,(H,32,35). The molecule has 3 aromatic carbocycles. The zero-order valence-electron chi connectivity index (χ0n) is 20.4. The fourth-order valence-corrected chi connectivity index (χ4v) is 5.46. The molecule has 2 aliphatic rings. The van der Waals surface area contributed by atoms with Gasteiger partial charge in [0, 0.05) is 29.3 Å². The van der Waals surface area contributed by atoms with Gasteiger partial charge in [-0.2, -0.15) is 5.26 Å². The maximum atomic E-state index is 13.0. The molecule has 2 fully saturated rings. The van der Waals surface area contributed by atoms with E-state index in [1.807, 2.05) is 61.5 Å². The van der Waals surface area contributed by atoms with Crippen LogP contribution in [0.15, 0.2) is 60.7 Å². The van der Waals surface area contributed by atoms with Crippen molar-refractivity contribution in [2.24, 2.45) is 5.92 Å². The van der Waals surface area contributed by atoms with E-state index in [4.69, 9.17) is 4.74 Å². The van der Waals surface area contributed by atoms with Gasteiger partial charge in [0.25, 0.3) is 5.91 Å². The van der Waals surface area contributed by atoms with Crippen molar-refractivity contribution in [1.82, 2.24) is 4.98 Å². The first-order valence-electron chi connectivity index (χ1n) is 12.5. The summed E-state index contributed by atoms with van der Waals surface area (Å²) in [5, 5.41) is 13.3. The van der Waals surface area contributed by atoms with Crippen LogP contribution in [0.2, 0.25) is 0 Å². The minimum Gasteiger partial charge on any atom is -0.457 e. The Morgan fingerprint density at radius 3 is 2.73 bits per heavy atom. The third-order valence-corrected chi connectivity index (χ3v) is 8.10. The highest BCUT2D eigenvalue weighted by Crippen LogP contribution is 2.47. The van der Waals surface area contributed by atoms with Crippen LogP contribution in [0.25, 0.3) is 10.2 Å². The molecular weight excluding hydrogens is 482 g/mol. The molecule has 0 atom stereocenters. The molecule has 184 valence electrons. The van der Waals surface area contributed by atoms with E-state index in [0.717, 1.165) is 52.0 Å². The van der Waals surface area contributed by atoms with Gasteiger partial charge in [0.1, 0.15) is 22.3 Å². The fraction of sp³-hybridized carbons (Fsp3) is 0.267. The molecule has 0 bridgehead atoms.